The largest absolute Gasteiger partial charge is 0.508 e. The molecule has 0 aliphatic heterocycles. The second-order valence-electron chi connectivity index (χ2n) is 4.04. The maximum absolute atomic E-state index is 9.38. The summed E-state index contributed by atoms with van der Waals surface area (Å²) < 4.78 is 5.15. The van der Waals surface area contributed by atoms with Crippen LogP contribution in [-0.4, -0.2) is 22.4 Å². The SMILES string of the molecule is COc1cc(O)ccc1/C=C/c1cc(O)cc(O)c1. The Morgan fingerprint density at radius 1 is 0.842 bits per heavy atom. The molecule has 0 saturated heterocycles. The van der Waals surface area contributed by atoms with Crippen molar-refractivity contribution in [2.24, 2.45) is 0 Å². The van der Waals surface area contributed by atoms with Crippen LogP contribution in [0.5, 0.6) is 23.0 Å². The Bertz CT molecular complexity index is 597. The van der Waals surface area contributed by atoms with Gasteiger partial charge in [0.25, 0.3) is 0 Å². The van der Waals surface area contributed by atoms with Crippen molar-refractivity contribution < 1.29 is 20.1 Å². The molecule has 0 aliphatic carbocycles. The van der Waals surface area contributed by atoms with E-state index in [0.717, 1.165) is 5.56 Å². The Hall–Kier alpha value is -2.62. The van der Waals surface area contributed by atoms with Crippen LogP contribution in [0, 0.1) is 0 Å². The summed E-state index contributed by atoms with van der Waals surface area (Å²) in [6.07, 6.45) is 3.50. The summed E-state index contributed by atoms with van der Waals surface area (Å²) >= 11 is 0. The van der Waals surface area contributed by atoms with E-state index >= 15 is 0 Å². The minimum atomic E-state index is -0.00248. The first-order chi connectivity index (χ1) is 9.08. The minimum Gasteiger partial charge on any atom is -0.508 e. The van der Waals surface area contributed by atoms with Gasteiger partial charge in [-0.25, -0.2) is 0 Å². The first-order valence-electron chi connectivity index (χ1n) is 5.66. The Kier molecular flexibility index (Phi) is 3.61. The first kappa shape index (κ1) is 12.8. The van der Waals surface area contributed by atoms with Gasteiger partial charge in [0.2, 0.25) is 0 Å². The van der Waals surface area contributed by atoms with Crippen LogP contribution in [0.3, 0.4) is 0 Å². The van der Waals surface area contributed by atoms with Crippen LogP contribution in [0.1, 0.15) is 11.1 Å². The van der Waals surface area contributed by atoms with Crippen LogP contribution in [0.15, 0.2) is 36.4 Å². The molecule has 19 heavy (non-hydrogen) atoms. The zero-order valence-corrected chi connectivity index (χ0v) is 10.4. The van der Waals surface area contributed by atoms with Crippen molar-refractivity contribution in [3.8, 4) is 23.0 Å². The van der Waals surface area contributed by atoms with Crippen LogP contribution in [0.4, 0.5) is 0 Å². The molecular weight excluding hydrogens is 244 g/mol. The number of hydrogen-bond donors (Lipinski definition) is 3. The minimum absolute atomic E-state index is 0.00248. The molecule has 0 radical (unpaired) electrons. The monoisotopic (exact) mass is 258 g/mol. The molecule has 0 aromatic heterocycles. The highest BCUT2D eigenvalue weighted by molar-refractivity contribution is 5.74. The van der Waals surface area contributed by atoms with Gasteiger partial charge in [0.1, 0.15) is 23.0 Å². The van der Waals surface area contributed by atoms with E-state index in [9.17, 15) is 15.3 Å². The van der Waals surface area contributed by atoms with Gasteiger partial charge in [-0.1, -0.05) is 12.2 Å². The van der Waals surface area contributed by atoms with Crippen molar-refractivity contribution in [3.63, 3.8) is 0 Å². The summed E-state index contributed by atoms with van der Waals surface area (Å²) in [4.78, 5) is 0. The van der Waals surface area contributed by atoms with E-state index in [1.54, 1.807) is 24.3 Å². The van der Waals surface area contributed by atoms with E-state index in [0.29, 0.717) is 11.3 Å². The number of rotatable bonds is 3. The Morgan fingerprint density at radius 3 is 2.16 bits per heavy atom. The summed E-state index contributed by atoms with van der Waals surface area (Å²) in [6.45, 7) is 0. The Labute approximate surface area is 110 Å². The highest BCUT2D eigenvalue weighted by Crippen LogP contribution is 2.27. The van der Waals surface area contributed by atoms with Crippen molar-refractivity contribution in [2.45, 2.75) is 0 Å². The smallest absolute Gasteiger partial charge is 0.129 e. The molecule has 0 fully saturated rings. The first-order valence-corrected chi connectivity index (χ1v) is 5.66. The van der Waals surface area contributed by atoms with Crippen molar-refractivity contribution in [2.75, 3.05) is 7.11 Å². The number of ether oxygens (including phenoxy) is 1. The molecule has 2 rings (SSSR count). The van der Waals surface area contributed by atoms with E-state index in [1.165, 1.54) is 31.4 Å². The zero-order valence-electron chi connectivity index (χ0n) is 10.4. The van der Waals surface area contributed by atoms with Crippen molar-refractivity contribution in [1.29, 1.82) is 0 Å². The van der Waals surface area contributed by atoms with Crippen LogP contribution in [-0.2, 0) is 0 Å². The van der Waals surface area contributed by atoms with Crippen LogP contribution in [0.2, 0.25) is 0 Å². The Morgan fingerprint density at radius 2 is 1.53 bits per heavy atom. The third kappa shape index (κ3) is 3.19. The lowest BCUT2D eigenvalue weighted by Gasteiger charge is -2.05. The molecular formula is C15H14O4. The molecule has 0 spiro atoms. The van der Waals surface area contributed by atoms with Crippen molar-refractivity contribution in [1.82, 2.24) is 0 Å². The van der Waals surface area contributed by atoms with E-state index in [1.807, 2.05) is 0 Å². The highest BCUT2D eigenvalue weighted by atomic mass is 16.5. The number of benzene rings is 2. The zero-order chi connectivity index (χ0) is 13.8. The highest BCUT2D eigenvalue weighted by Gasteiger charge is 2.01. The lowest BCUT2D eigenvalue weighted by Crippen LogP contribution is -1.86. The summed E-state index contributed by atoms with van der Waals surface area (Å²) in [6, 6.07) is 9.11. The van der Waals surface area contributed by atoms with E-state index < -0.39 is 0 Å². The van der Waals surface area contributed by atoms with Crippen molar-refractivity contribution in [3.05, 3.63) is 47.5 Å². The summed E-state index contributed by atoms with van der Waals surface area (Å²) in [5.74, 6) is 0.666. The van der Waals surface area contributed by atoms with E-state index in [2.05, 4.69) is 0 Å². The molecule has 0 heterocycles. The molecule has 2 aromatic carbocycles. The van der Waals surface area contributed by atoms with Gasteiger partial charge in [-0.3, -0.25) is 0 Å². The van der Waals surface area contributed by atoms with Gasteiger partial charge >= 0.3 is 0 Å². The van der Waals surface area contributed by atoms with Gasteiger partial charge in [0.05, 0.1) is 7.11 Å². The molecule has 0 bridgehead atoms. The van der Waals surface area contributed by atoms with Crippen LogP contribution in [0.25, 0.3) is 12.2 Å². The summed E-state index contributed by atoms with van der Waals surface area (Å²) in [5.41, 5.74) is 1.44. The molecule has 0 atom stereocenters. The van der Waals surface area contributed by atoms with Gasteiger partial charge in [-0.2, -0.15) is 0 Å². The van der Waals surface area contributed by atoms with Crippen molar-refractivity contribution >= 4 is 12.2 Å². The fourth-order valence-corrected chi connectivity index (χ4v) is 1.74. The molecule has 98 valence electrons. The average molecular weight is 258 g/mol. The molecule has 4 nitrogen and oxygen atoms in total. The summed E-state index contributed by atoms with van der Waals surface area (Å²) in [5, 5.41) is 28.1. The van der Waals surface area contributed by atoms with E-state index in [-0.39, 0.29) is 17.2 Å². The molecule has 0 saturated carbocycles. The predicted octanol–water partition coefficient (Wildman–Crippen LogP) is 2.98. The normalized spacial score (nSPS) is 10.8. The maximum Gasteiger partial charge on any atom is 0.129 e. The lowest BCUT2D eigenvalue weighted by molar-refractivity contribution is 0.407. The number of hydrogen-bond acceptors (Lipinski definition) is 4. The second-order valence-corrected chi connectivity index (χ2v) is 4.04. The maximum atomic E-state index is 9.38. The fourth-order valence-electron chi connectivity index (χ4n) is 1.74. The molecule has 0 unspecified atom stereocenters. The Balaban J connectivity index is 2.32. The lowest BCUT2D eigenvalue weighted by atomic mass is 10.1. The molecule has 3 N–H and O–H groups in total. The molecule has 0 aliphatic rings. The van der Waals surface area contributed by atoms with Gasteiger partial charge in [0.15, 0.2) is 0 Å². The topological polar surface area (TPSA) is 69.9 Å². The standard InChI is InChI=1S/C15H14O4/c1-19-15-9-12(16)5-4-11(15)3-2-10-6-13(17)8-14(18)7-10/h2-9,16-18H,1H3/b3-2+. The number of phenolic OH excluding ortho intramolecular Hbond substituents is 3. The molecule has 4 heteroatoms. The third-order valence-electron chi connectivity index (χ3n) is 2.60. The number of methoxy groups -OCH3 is 1. The second kappa shape index (κ2) is 5.35. The molecule has 2 aromatic rings. The van der Waals surface area contributed by atoms with Crippen LogP contribution >= 0.6 is 0 Å². The predicted molar refractivity (Wildman–Crippen MR) is 73.4 cm³/mol. The van der Waals surface area contributed by atoms with Crippen LogP contribution < -0.4 is 4.74 Å². The van der Waals surface area contributed by atoms with Gasteiger partial charge in [-0.15, -0.1) is 0 Å². The number of aromatic hydroxyl groups is 3. The fraction of sp³-hybridized carbons (Fsp3) is 0.0667. The van der Waals surface area contributed by atoms with E-state index in [4.69, 9.17) is 4.74 Å². The quantitative estimate of drug-likeness (QED) is 0.740. The van der Waals surface area contributed by atoms with Gasteiger partial charge in [0, 0.05) is 17.7 Å². The molecule has 0 amide bonds. The van der Waals surface area contributed by atoms with Gasteiger partial charge in [-0.05, 0) is 29.8 Å². The van der Waals surface area contributed by atoms with Gasteiger partial charge < -0.3 is 20.1 Å². The third-order valence-corrected chi connectivity index (χ3v) is 2.60. The average Bonchev–Trinajstić information content (AvgIpc) is 2.36. The number of phenols is 3. The summed E-state index contributed by atoms with van der Waals surface area (Å²) in [7, 11) is 1.52.